The largest absolute Gasteiger partial charge is 0.381 e. The zero-order valence-electron chi connectivity index (χ0n) is 7.05. The van der Waals surface area contributed by atoms with Gasteiger partial charge in [-0.1, -0.05) is 0 Å². The van der Waals surface area contributed by atoms with Crippen molar-refractivity contribution >= 4 is 0 Å². The summed E-state index contributed by atoms with van der Waals surface area (Å²) in [5.74, 6) is 0.955. The standard InChI is InChI=1S/C9H15NO/c1-8(7-10)6-9-2-4-11-5-3-9/h8-9H,2-6H2,1H3. The van der Waals surface area contributed by atoms with Crippen molar-refractivity contribution in [1.29, 1.82) is 5.26 Å². The Kier molecular flexibility index (Phi) is 3.38. The molecule has 1 fully saturated rings. The van der Waals surface area contributed by atoms with E-state index in [0.717, 1.165) is 38.4 Å². The van der Waals surface area contributed by atoms with Crippen LogP contribution in [0.1, 0.15) is 26.2 Å². The molecule has 62 valence electrons. The zero-order chi connectivity index (χ0) is 8.10. The molecule has 11 heavy (non-hydrogen) atoms. The third-order valence-electron chi connectivity index (χ3n) is 2.25. The molecule has 1 aliphatic rings. The average Bonchev–Trinajstić information content (AvgIpc) is 2.06. The predicted octanol–water partition coefficient (Wildman–Crippen LogP) is 1.96. The number of nitriles is 1. The van der Waals surface area contributed by atoms with Gasteiger partial charge >= 0.3 is 0 Å². The first-order valence-electron chi connectivity index (χ1n) is 4.30. The second kappa shape index (κ2) is 4.35. The van der Waals surface area contributed by atoms with E-state index in [-0.39, 0.29) is 5.92 Å². The Morgan fingerprint density at radius 1 is 1.55 bits per heavy atom. The van der Waals surface area contributed by atoms with Crippen molar-refractivity contribution in [1.82, 2.24) is 0 Å². The van der Waals surface area contributed by atoms with Crippen LogP contribution in [-0.2, 0) is 4.74 Å². The molecule has 0 radical (unpaired) electrons. The highest BCUT2D eigenvalue weighted by Gasteiger charge is 2.15. The van der Waals surface area contributed by atoms with E-state index in [0.29, 0.717) is 0 Å². The third kappa shape index (κ3) is 2.90. The lowest BCUT2D eigenvalue weighted by atomic mass is 9.90. The molecule has 0 aromatic carbocycles. The predicted molar refractivity (Wildman–Crippen MR) is 42.9 cm³/mol. The van der Waals surface area contributed by atoms with E-state index in [4.69, 9.17) is 10.00 Å². The Hall–Kier alpha value is -0.550. The fourth-order valence-corrected chi connectivity index (χ4v) is 1.53. The smallest absolute Gasteiger partial charge is 0.0652 e. The van der Waals surface area contributed by atoms with E-state index in [1.54, 1.807) is 0 Å². The van der Waals surface area contributed by atoms with E-state index < -0.39 is 0 Å². The fraction of sp³-hybridized carbons (Fsp3) is 0.889. The first kappa shape index (κ1) is 8.55. The molecular weight excluding hydrogens is 138 g/mol. The Balaban J connectivity index is 2.20. The molecule has 1 saturated heterocycles. The van der Waals surface area contributed by atoms with Gasteiger partial charge in [0.2, 0.25) is 0 Å². The van der Waals surface area contributed by atoms with E-state index in [1.165, 1.54) is 0 Å². The topological polar surface area (TPSA) is 33.0 Å². The van der Waals surface area contributed by atoms with Crippen LogP contribution in [-0.4, -0.2) is 13.2 Å². The lowest BCUT2D eigenvalue weighted by Crippen LogP contribution is -2.17. The maximum atomic E-state index is 8.58. The van der Waals surface area contributed by atoms with Gasteiger partial charge in [-0.25, -0.2) is 0 Å². The zero-order valence-corrected chi connectivity index (χ0v) is 7.05. The summed E-state index contributed by atoms with van der Waals surface area (Å²) in [5.41, 5.74) is 0. The van der Waals surface area contributed by atoms with Crippen molar-refractivity contribution in [3.05, 3.63) is 0 Å². The van der Waals surface area contributed by atoms with Crippen LogP contribution < -0.4 is 0 Å². The minimum absolute atomic E-state index is 0.220. The van der Waals surface area contributed by atoms with Crippen LogP contribution in [0.4, 0.5) is 0 Å². The molecule has 1 atom stereocenters. The van der Waals surface area contributed by atoms with Gasteiger partial charge in [-0.15, -0.1) is 0 Å². The summed E-state index contributed by atoms with van der Waals surface area (Å²) in [6.07, 6.45) is 3.35. The first-order chi connectivity index (χ1) is 5.33. The van der Waals surface area contributed by atoms with Gasteiger partial charge in [-0.3, -0.25) is 0 Å². The van der Waals surface area contributed by atoms with Crippen molar-refractivity contribution in [3.63, 3.8) is 0 Å². The van der Waals surface area contributed by atoms with Crippen LogP contribution in [0.25, 0.3) is 0 Å². The quantitative estimate of drug-likeness (QED) is 0.607. The lowest BCUT2D eigenvalue weighted by molar-refractivity contribution is 0.0614. The van der Waals surface area contributed by atoms with Gasteiger partial charge in [0.05, 0.1) is 6.07 Å². The van der Waals surface area contributed by atoms with Crippen LogP contribution in [0, 0.1) is 23.2 Å². The first-order valence-corrected chi connectivity index (χ1v) is 4.30. The summed E-state index contributed by atoms with van der Waals surface area (Å²) in [4.78, 5) is 0. The molecule has 0 aliphatic carbocycles. The van der Waals surface area contributed by atoms with E-state index in [9.17, 15) is 0 Å². The van der Waals surface area contributed by atoms with Crippen LogP contribution >= 0.6 is 0 Å². The van der Waals surface area contributed by atoms with Gasteiger partial charge in [0.1, 0.15) is 0 Å². The number of ether oxygens (including phenoxy) is 1. The summed E-state index contributed by atoms with van der Waals surface area (Å²) < 4.78 is 5.23. The van der Waals surface area contributed by atoms with Gasteiger partial charge < -0.3 is 4.74 Å². The normalized spacial score (nSPS) is 22.5. The Morgan fingerprint density at radius 2 is 2.18 bits per heavy atom. The monoisotopic (exact) mass is 153 g/mol. The summed E-state index contributed by atoms with van der Waals surface area (Å²) in [6.45, 7) is 3.78. The number of hydrogen-bond donors (Lipinski definition) is 0. The minimum atomic E-state index is 0.220. The Morgan fingerprint density at radius 3 is 2.73 bits per heavy atom. The van der Waals surface area contributed by atoms with Gasteiger partial charge in [0, 0.05) is 19.1 Å². The van der Waals surface area contributed by atoms with E-state index >= 15 is 0 Å². The highest BCUT2D eigenvalue weighted by Crippen LogP contribution is 2.22. The Bertz CT molecular complexity index is 144. The molecule has 0 aromatic heterocycles. The average molecular weight is 153 g/mol. The Labute approximate surface area is 68.2 Å². The molecule has 0 amide bonds. The molecule has 1 rings (SSSR count). The molecule has 0 bridgehead atoms. The molecule has 2 nitrogen and oxygen atoms in total. The SMILES string of the molecule is CC(C#N)CC1CCOCC1. The van der Waals surface area contributed by atoms with Crippen molar-refractivity contribution in [2.45, 2.75) is 26.2 Å². The van der Waals surface area contributed by atoms with Crippen molar-refractivity contribution < 1.29 is 4.74 Å². The summed E-state index contributed by atoms with van der Waals surface area (Å²) in [5, 5.41) is 8.58. The second-order valence-electron chi connectivity index (χ2n) is 3.32. The number of nitrogens with zero attached hydrogens (tertiary/aromatic N) is 1. The van der Waals surface area contributed by atoms with E-state index in [1.807, 2.05) is 6.92 Å². The van der Waals surface area contributed by atoms with Crippen LogP contribution in [0.15, 0.2) is 0 Å². The van der Waals surface area contributed by atoms with Crippen molar-refractivity contribution in [2.24, 2.45) is 11.8 Å². The van der Waals surface area contributed by atoms with Crippen molar-refractivity contribution in [3.8, 4) is 6.07 Å². The van der Waals surface area contributed by atoms with Crippen LogP contribution in [0.5, 0.6) is 0 Å². The molecule has 2 heteroatoms. The number of rotatable bonds is 2. The third-order valence-corrected chi connectivity index (χ3v) is 2.25. The van der Waals surface area contributed by atoms with Crippen molar-refractivity contribution in [2.75, 3.05) is 13.2 Å². The molecule has 1 unspecified atom stereocenters. The molecule has 0 aromatic rings. The van der Waals surface area contributed by atoms with Gasteiger partial charge in [-0.2, -0.15) is 5.26 Å². The second-order valence-corrected chi connectivity index (χ2v) is 3.32. The summed E-state index contributed by atoms with van der Waals surface area (Å²) >= 11 is 0. The maximum Gasteiger partial charge on any atom is 0.0652 e. The van der Waals surface area contributed by atoms with Gasteiger partial charge in [0.15, 0.2) is 0 Å². The molecular formula is C9H15NO. The van der Waals surface area contributed by atoms with Gasteiger partial charge in [0.25, 0.3) is 0 Å². The minimum Gasteiger partial charge on any atom is -0.381 e. The molecule has 1 heterocycles. The highest BCUT2D eigenvalue weighted by molar-refractivity contribution is 4.81. The van der Waals surface area contributed by atoms with E-state index in [2.05, 4.69) is 6.07 Å². The fourth-order valence-electron chi connectivity index (χ4n) is 1.53. The molecule has 0 spiro atoms. The highest BCUT2D eigenvalue weighted by atomic mass is 16.5. The van der Waals surface area contributed by atoms with Gasteiger partial charge in [-0.05, 0) is 32.1 Å². The number of hydrogen-bond acceptors (Lipinski definition) is 2. The lowest BCUT2D eigenvalue weighted by Gasteiger charge is -2.22. The van der Waals surface area contributed by atoms with Crippen LogP contribution in [0.3, 0.4) is 0 Å². The molecule has 1 aliphatic heterocycles. The molecule has 0 saturated carbocycles. The summed E-state index contributed by atoms with van der Waals surface area (Å²) in [6, 6.07) is 2.27. The van der Waals surface area contributed by atoms with Crippen LogP contribution in [0.2, 0.25) is 0 Å². The molecule has 0 N–H and O–H groups in total. The summed E-state index contributed by atoms with van der Waals surface area (Å²) in [7, 11) is 0. The maximum absolute atomic E-state index is 8.58.